The van der Waals surface area contributed by atoms with Crippen LogP contribution in [-0.2, 0) is 9.53 Å². The highest BCUT2D eigenvalue weighted by Gasteiger charge is 2.31. The van der Waals surface area contributed by atoms with Gasteiger partial charge in [0, 0.05) is 17.7 Å². The summed E-state index contributed by atoms with van der Waals surface area (Å²) in [4.78, 5) is 14.4. The van der Waals surface area contributed by atoms with Gasteiger partial charge in [0.05, 0.1) is 5.69 Å². The number of hydrogen-bond donors (Lipinski definition) is 0. The molecule has 5 heteroatoms. The zero-order chi connectivity index (χ0) is 16.9. The van der Waals surface area contributed by atoms with Gasteiger partial charge in [-0.05, 0) is 42.8 Å². The first-order valence-electron chi connectivity index (χ1n) is 7.79. The first kappa shape index (κ1) is 16.6. The number of carbonyl (C=O) groups excluding carboxylic acids is 1. The minimum absolute atomic E-state index is 0.154. The van der Waals surface area contributed by atoms with Crippen LogP contribution in [0.5, 0.6) is 5.75 Å². The molecule has 0 N–H and O–H groups in total. The average molecular weight is 344 g/mol. The Morgan fingerprint density at radius 1 is 1.29 bits per heavy atom. The van der Waals surface area contributed by atoms with Gasteiger partial charge in [0.15, 0.2) is 6.23 Å². The lowest BCUT2D eigenvalue weighted by atomic mass is 10.2. The molecule has 0 saturated carbocycles. The molecule has 24 heavy (non-hydrogen) atoms. The fraction of sp³-hybridized carbons (Fsp3) is 0.211. The van der Waals surface area contributed by atoms with Crippen LogP contribution in [0.25, 0.3) is 6.08 Å². The third kappa shape index (κ3) is 3.61. The summed E-state index contributed by atoms with van der Waals surface area (Å²) in [5.41, 5.74) is 1.62. The molecule has 1 aliphatic heterocycles. The molecular weight excluding hydrogens is 326 g/mol. The highest BCUT2D eigenvalue weighted by atomic mass is 35.5. The number of para-hydroxylation sites is 2. The summed E-state index contributed by atoms with van der Waals surface area (Å²) in [6.45, 7) is 2.71. The zero-order valence-electron chi connectivity index (χ0n) is 13.3. The van der Waals surface area contributed by atoms with Crippen molar-refractivity contribution in [1.29, 1.82) is 0 Å². The molecule has 0 fully saturated rings. The third-order valence-corrected chi connectivity index (χ3v) is 3.93. The van der Waals surface area contributed by atoms with E-state index in [1.807, 2.05) is 43.3 Å². The first-order chi connectivity index (χ1) is 11.7. The molecule has 2 aromatic rings. The summed E-state index contributed by atoms with van der Waals surface area (Å²) in [6.07, 6.45) is 2.86. The predicted molar refractivity (Wildman–Crippen MR) is 95.3 cm³/mol. The second-order valence-electron chi connectivity index (χ2n) is 5.28. The van der Waals surface area contributed by atoms with Gasteiger partial charge < -0.3 is 9.47 Å². The maximum absolute atomic E-state index is 12.8. The molecule has 0 radical (unpaired) electrons. The molecule has 0 spiro atoms. The van der Waals surface area contributed by atoms with Crippen molar-refractivity contribution >= 4 is 29.3 Å². The number of fused-ring (bicyclic) bond motifs is 1. The number of rotatable bonds is 4. The van der Waals surface area contributed by atoms with Crippen LogP contribution in [0.15, 0.2) is 54.6 Å². The van der Waals surface area contributed by atoms with Crippen LogP contribution in [0.1, 0.15) is 12.5 Å². The van der Waals surface area contributed by atoms with Crippen molar-refractivity contribution in [1.82, 2.24) is 0 Å². The van der Waals surface area contributed by atoms with Crippen molar-refractivity contribution in [3.63, 3.8) is 0 Å². The van der Waals surface area contributed by atoms with Crippen LogP contribution in [0.4, 0.5) is 5.69 Å². The van der Waals surface area contributed by atoms with Crippen LogP contribution in [-0.4, -0.2) is 25.3 Å². The Hall–Kier alpha value is -2.30. The molecular formula is C19H18ClNO3. The Labute approximate surface area is 146 Å². The summed E-state index contributed by atoms with van der Waals surface area (Å²) in [7, 11) is 0. The lowest BCUT2D eigenvalue weighted by molar-refractivity contribution is -0.118. The quantitative estimate of drug-likeness (QED) is 0.783. The average Bonchev–Trinajstić information content (AvgIpc) is 2.61. The Bertz CT molecular complexity index is 743. The fourth-order valence-corrected chi connectivity index (χ4v) is 2.69. The topological polar surface area (TPSA) is 38.8 Å². The SMILES string of the molecule is CCOC1COc2ccccc2N1C(=O)/C=C/c1ccc(Cl)cc1. The van der Waals surface area contributed by atoms with E-state index in [1.165, 1.54) is 6.08 Å². The summed E-state index contributed by atoms with van der Waals surface area (Å²) in [6, 6.07) is 14.8. The van der Waals surface area contributed by atoms with Crippen LogP contribution in [0, 0.1) is 0 Å². The Kier molecular flexibility index (Phi) is 5.18. The molecule has 1 amide bonds. The molecule has 1 unspecified atom stereocenters. The van der Waals surface area contributed by atoms with E-state index in [0.29, 0.717) is 29.7 Å². The summed E-state index contributed by atoms with van der Waals surface area (Å²) < 4.78 is 11.4. The molecule has 2 aromatic carbocycles. The molecule has 1 aliphatic rings. The van der Waals surface area contributed by atoms with Gasteiger partial charge >= 0.3 is 0 Å². The minimum atomic E-state index is -0.438. The van der Waals surface area contributed by atoms with Gasteiger partial charge in [-0.15, -0.1) is 0 Å². The van der Waals surface area contributed by atoms with Crippen molar-refractivity contribution in [3.05, 3.63) is 65.2 Å². The van der Waals surface area contributed by atoms with E-state index in [0.717, 1.165) is 5.56 Å². The lowest BCUT2D eigenvalue weighted by Crippen LogP contribution is -2.47. The van der Waals surface area contributed by atoms with E-state index in [1.54, 1.807) is 23.1 Å². The first-order valence-corrected chi connectivity index (χ1v) is 8.17. The molecule has 0 saturated heterocycles. The number of benzene rings is 2. The van der Waals surface area contributed by atoms with Crippen molar-refractivity contribution in [2.24, 2.45) is 0 Å². The monoisotopic (exact) mass is 343 g/mol. The van der Waals surface area contributed by atoms with Crippen LogP contribution < -0.4 is 9.64 Å². The van der Waals surface area contributed by atoms with Crippen LogP contribution in [0.2, 0.25) is 5.02 Å². The number of halogens is 1. The molecule has 124 valence electrons. The van der Waals surface area contributed by atoms with Crippen LogP contribution in [0.3, 0.4) is 0 Å². The van der Waals surface area contributed by atoms with Gasteiger partial charge in [-0.25, -0.2) is 0 Å². The molecule has 4 nitrogen and oxygen atoms in total. The van der Waals surface area contributed by atoms with Crippen molar-refractivity contribution < 1.29 is 14.3 Å². The van der Waals surface area contributed by atoms with E-state index < -0.39 is 6.23 Å². The predicted octanol–water partition coefficient (Wildman–Crippen LogP) is 4.14. The van der Waals surface area contributed by atoms with Gasteiger partial charge in [0.2, 0.25) is 0 Å². The van der Waals surface area contributed by atoms with E-state index in [9.17, 15) is 4.79 Å². The highest BCUT2D eigenvalue weighted by molar-refractivity contribution is 6.30. The van der Waals surface area contributed by atoms with Gasteiger partial charge in [-0.2, -0.15) is 0 Å². The number of amides is 1. The molecule has 0 aromatic heterocycles. The standard InChI is InChI=1S/C19H18ClNO3/c1-2-23-19-13-24-17-6-4-3-5-16(17)21(19)18(22)12-9-14-7-10-15(20)11-8-14/h3-12,19H,2,13H2,1H3/b12-9+. The number of ether oxygens (including phenoxy) is 2. The van der Waals surface area contributed by atoms with Crippen LogP contribution >= 0.6 is 11.6 Å². The Morgan fingerprint density at radius 3 is 2.79 bits per heavy atom. The zero-order valence-corrected chi connectivity index (χ0v) is 14.1. The maximum Gasteiger partial charge on any atom is 0.253 e. The maximum atomic E-state index is 12.8. The summed E-state index contributed by atoms with van der Waals surface area (Å²) >= 11 is 5.88. The lowest BCUT2D eigenvalue weighted by Gasteiger charge is -2.35. The van der Waals surface area contributed by atoms with Gasteiger partial charge in [-0.3, -0.25) is 9.69 Å². The minimum Gasteiger partial charge on any atom is -0.487 e. The van der Waals surface area contributed by atoms with E-state index in [4.69, 9.17) is 21.1 Å². The van der Waals surface area contributed by atoms with E-state index >= 15 is 0 Å². The second-order valence-corrected chi connectivity index (χ2v) is 5.72. The van der Waals surface area contributed by atoms with Gasteiger partial charge in [0.25, 0.3) is 5.91 Å². The largest absolute Gasteiger partial charge is 0.487 e. The molecule has 1 heterocycles. The van der Waals surface area contributed by atoms with Crippen molar-refractivity contribution in [2.45, 2.75) is 13.2 Å². The van der Waals surface area contributed by atoms with E-state index in [2.05, 4.69) is 0 Å². The van der Waals surface area contributed by atoms with Crippen molar-refractivity contribution in [3.8, 4) is 5.75 Å². The molecule has 0 bridgehead atoms. The number of carbonyl (C=O) groups is 1. The van der Waals surface area contributed by atoms with Gasteiger partial charge in [-0.1, -0.05) is 35.9 Å². The molecule has 1 atom stereocenters. The van der Waals surface area contributed by atoms with E-state index in [-0.39, 0.29) is 5.91 Å². The van der Waals surface area contributed by atoms with Crippen molar-refractivity contribution in [2.75, 3.05) is 18.1 Å². The summed E-state index contributed by atoms with van der Waals surface area (Å²) in [5.74, 6) is 0.529. The highest BCUT2D eigenvalue weighted by Crippen LogP contribution is 2.34. The smallest absolute Gasteiger partial charge is 0.253 e. The Morgan fingerprint density at radius 2 is 2.04 bits per heavy atom. The molecule has 0 aliphatic carbocycles. The second kappa shape index (κ2) is 7.51. The third-order valence-electron chi connectivity index (χ3n) is 3.68. The number of anilines is 1. The van der Waals surface area contributed by atoms with Gasteiger partial charge in [0.1, 0.15) is 12.4 Å². The number of nitrogens with zero attached hydrogens (tertiary/aromatic N) is 1. The fourth-order valence-electron chi connectivity index (χ4n) is 2.57. The normalized spacial score (nSPS) is 16.8. The number of hydrogen-bond acceptors (Lipinski definition) is 3. The molecule has 3 rings (SSSR count). The summed E-state index contributed by atoms with van der Waals surface area (Å²) in [5, 5.41) is 0.664. The Balaban J connectivity index is 1.86.